The highest BCUT2D eigenvalue weighted by Gasteiger charge is 2.21. The molecule has 0 bridgehead atoms. The minimum absolute atomic E-state index is 0.00269. The van der Waals surface area contributed by atoms with Crippen LogP contribution in [0, 0.1) is 11.6 Å². The molecule has 5 heteroatoms. The average Bonchev–Trinajstić information content (AvgIpc) is 2.10. The molecule has 0 radical (unpaired) electrons. The summed E-state index contributed by atoms with van der Waals surface area (Å²) >= 11 is 5.38. The first kappa shape index (κ1) is 9.68. The Morgan fingerprint density at radius 3 is 2.64 bits per heavy atom. The van der Waals surface area contributed by atoms with Crippen molar-refractivity contribution in [2.24, 2.45) is 0 Å². The summed E-state index contributed by atoms with van der Waals surface area (Å²) in [5.74, 6) is -1.61. The summed E-state index contributed by atoms with van der Waals surface area (Å²) in [5, 5.41) is 2.45. The van der Waals surface area contributed by atoms with E-state index in [4.69, 9.17) is 16.3 Å². The molecule has 14 heavy (non-hydrogen) atoms. The number of hydrogen-bond acceptors (Lipinski definition) is 2. The molecule has 0 saturated carbocycles. The van der Waals surface area contributed by atoms with Gasteiger partial charge < -0.3 is 10.1 Å². The van der Waals surface area contributed by atoms with E-state index in [1.165, 1.54) is 6.07 Å². The van der Waals surface area contributed by atoms with E-state index in [0.29, 0.717) is 13.1 Å². The second-order valence-corrected chi connectivity index (χ2v) is 3.45. The largest absolute Gasteiger partial charge is 0.485 e. The Bertz CT molecular complexity index is 355. The highest BCUT2D eigenvalue weighted by atomic mass is 35.5. The predicted molar refractivity (Wildman–Crippen MR) is 48.7 cm³/mol. The molecule has 0 atom stereocenters. The van der Waals surface area contributed by atoms with Crippen LogP contribution >= 0.6 is 11.6 Å². The summed E-state index contributed by atoms with van der Waals surface area (Å²) in [6.45, 7) is 1.35. The number of benzene rings is 1. The van der Waals surface area contributed by atoms with E-state index >= 15 is 0 Å². The molecular weight excluding hydrogens is 212 g/mol. The third-order valence-electron chi connectivity index (χ3n) is 2.04. The minimum Gasteiger partial charge on any atom is -0.485 e. The second kappa shape index (κ2) is 3.71. The number of halogens is 3. The molecule has 0 unspecified atom stereocenters. The van der Waals surface area contributed by atoms with Gasteiger partial charge in [-0.1, -0.05) is 11.6 Å². The van der Waals surface area contributed by atoms with Crippen LogP contribution in [-0.4, -0.2) is 19.2 Å². The van der Waals surface area contributed by atoms with Gasteiger partial charge in [-0.05, 0) is 12.1 Å². The molecule has 1 aliphatic rings. The van der Waals surface area contributed by atoms with Crippen LogP contribution in [0.2, 0.25) is 5.02 Å². The van der Waals surface area contributed by atoms with E-state index in [1.54, 1.807) is 0 Å². The SMILES string of the molecule is Fc1ccc(OC2CNC2)c(F)c1Cl. The quantitative estimate of drug-likeness (QED) is 0.768. The Hall–Kier alpha value is -0.870. The van der Waals surface area contributed by atoms with Crippen LogP contribution in [0.4, 0.5) is 8.78 Å². The zero-order chi connectivity index (χ0) is 10.1. The molecule has 0 aliphatic carbocycles. The molecule has 0 spiro atoms. The molecule has 1 aromatic carbocycles. The van der Waals surface area contributed by atoms with E-state index in [1.807, 2.05) is 0 Å². The van der Waals surface area contributed by atoms with Gasteiger partial charge in [-0.25, -0.2) is 8.78 Å². The van der Waals surface area contributed by atoms with E-state index in [-0.39, 0.29) is 11.9 Å². The Morgan fingerprint density at radius 2 is 2.07 bits per heavy atom. The van der Waals surface area contributed by atoms with Crippen molar-refractivity contribution in [1.82, 2.24) is 5.32 Å². The third kappa shape index (κ3) is 1.67. The van der Waals surface area contributed by atoms with Crippen LogP contribution < -0.4 is 10.1 Å². The Morgan fingerprint density at radius 1 is 1.36 bits per heavy atom. The van der Waals surface area contributed by atoms with E-state index in [0.717, 1.165) is 6.07 Å². The maximum atomic E-state index is 13.3. The van der Waals surface area contributed by atoms with Gasteiger partial charge in [-0.3, -0.25) is 0 Å². The van der Waals surface area contributed by atoms with E-state index in [9.17, 15) is 8.78 Å². The highest BCUT2D eigenvalue weighted by molar-refractivity contribution is 6.31. The topological polar surface area (TPSA) is 21.3 Å². The summed E-state index contributed by atoms with van der Waals surface area (Å²) < 4.78 is 31.2. The third-order valence-corrected chi connectivity index (χ3v) is 2.38. The summed E-state index contributed by atoms with van der Waals surface area (Å²) in [5.41, 5.74) is 0. The van der Waals surface area contributed by atoms with Crippen LogP contribution in [0.5, 0.6) is 5.75 Å². The van der Waals surface area contributed by atoms with Gasteiger partial charge in [-0.15, -0.1) is 0 Å². The smallest absolute Gasteiger partial charge is 0.186 e. The molecule has 0 amide bonds. The first-order valence-electron chi connectivity index (χ1n) is 4.19. The molecule has 2 nitrogen and oxygen atoms in total. The maximum Gasteiger partial charge on any atom is 0.186 e. The van der Waals surface area contributed by atoms with Crippen LogP contribution in [0.25, 0.3) is 0 Å². The van der Waals surface area contributed by atoms with Gasteiger partial charge in [0.25, 0.3) is 0 Å². The molecule has 1 fully saturated rings. The van der Waals surface area contributed by atoms with E-state index in [2.05, 4.69) is 5.32 Å². The zero-order valence-corrected chi connectivity index (χ0v) is 7.94. The van der Waals surface area contributed by atoms with Crippen LogP contribution in [0.3, 0.4) is 0 Å². The predicted octanol–water partition coefficient (Wildman–Crippen LogP) is 1.97. The normalized spacial score (nSPS) is 16.5. The van der Waals surface area contributed by atoms with Gasteiger partial charge in [0.2, 0.25) is 0 Å². The zero-order valence-electron chi connectivity index (χ0n) is 7.19. The lowest BCUT2D eigenvalue weighted by Gasteiger charge is -2.28. The van der Waals surface area contributed by atoms with Gasteiger partial charge in [0.1, 0.15) is 16.9 Å². The lowest BCUT2D eigenvalue weighted by molar-refractivity contribution is 0.136. The fourth-order valence-corrected chi connectivity index (χ4v) is 1.28. The van der Waals surface area contributed by atoms with Crippen molar-refractivity contribution in [1.29, 1.82) is 0 Å². The second-order valence-electron chi connectivity index (χ2n) is 3.07. The molecule has 1 aromatic rings. The first-order valence-corrected chi connectivity index (χ1v) is 4.57. The van der Waals surface area contributed by atoms with Gasteiger partial charge in [-0.2, -0.15) is 0 Å². The molecule has 1 saturated heterocycles. The van der Waals surface area contributed by atoms with Crippen molar-refractivity contribution in [2.75, 3.05) is 13.1 Å². The molecule has 1 N–H and O–H groups in total. The van der Waals surface area contributed by atoms with Crippen molar-refractivity contribution < 1.29 is 13.5 Å². The number of ether oxygens (including phenoxy) is 1. The Balaban J connectivity index is 2.20. The molecule has 1 aliphatic heterocycles. The summed E-state index contributed by atoms with van der Waals surface area (Å²) in [4.78, 5) is 0. The molecule has 1 heterocycles. The van der Waals surface area contributed by atoms with Crippen molar-refractivity contribution in [2.45, 2.75) is 6.10 Å². The van der Waals surface area contributed by atoms with Crippen LogP contribution in [0.1, 0.15) is 0 Å². The highest BCUT2D eigenvalue weighted by Crippen LogP contribution is 2.28. The fraction of sp³-hybridized carbons (Fsp3) is 0.333. The van der Waals surface area contributed by atoms with Crippen LogP contribution in [-0.2, 0) is 0 Å². The summed E-state index contributed by atoms with van der Waals surface area (Å²) in [6.07, 6.45) is -0.0500. The number of hydrogen-bond donors (Lipinski definition) is 1. The molecule has 2 rings (SSSR count). The summed E-state index contributed by atoms with van der Waals surface area (Å²) in [6, 6.07) is 2.34. The molecular formula is C9H8ClF2NO. The van der Waals surface area contributed by atoms with Crippen molar-refractivity contribution >= 4 is 11.6 Å². The monoisotopic (exact) mass is 219 g/mol. The minimum atomic E-state index is -0.835. The lowest BCUT2D eigenvalue weighted by atomic mass is 10.2. The maximum absolute atomic E-state index is 13.3. The van der Waals surface area contributed by atoms with Gasteiger partial charge in [0.05, 0.1) is 0 Å². The summed E-state index contributed by atoms with van der Waals surface area (Å²) in [7, 11) is 0. The van der Waals surface area contributed by atoms with Crippen LogP contribution in [0.15, 0.2) is 12.1 Å². The average molecular weight is 220 g/mol. The van der Waals surface area contributed by atoms with Crippen molar-refractivity contribution in [3.05, 3.63) is 28.8 Å². The van der Waals surface area contributed by atoms with Crippen molar-refractivity contribution in [3.8, 4) is 5.75 Å². The first-order chi connectivity index (χ1) is 6.68. The Kier molecular flexibility index (Phi) is 2.56. The van der Waals surface area contributed by atoms with E-state index < -0.39 is 16.7 Å². The molecule has 76 valence electrons. The fourth-order valence-electron chi connectivity index (χ4n) is 1.12. The standard InChI is InChI=1S/C9H8ClF2NO/c10-8-6(11)1-2-7(9(8)12)14-5-3-13-4-5/h1-2,5,13H,3-4H2. The van der Waals surface area contributed by atoms with Gasteiger partial charge >= 0.3 is 0 Å². The Labute approximate surface area is 84.8 Å². The lowest BCUT2D eigenvalue weighted by Crippen LogP contribution is -2.50. The van der Waals surface area contributed by atoms with Gasteiger partial charge in [0.15, 0.2) is 11.6 Å². The number of nitrogens with one attached hydrogen (secondary N) is 1. The van der Waals surface area contributed by atoms with Crippen molar-refractivity contribution in [3.63, 3.8) is 0 Å². The van der Waals surface area contributed by atoms with Gasteiger partial charge in [0, 0.05) is 13.1 Å². The molecule has 0 aromatic heterocycles. The number of rotatable bonds is 2.